The summed E-state index contributed by atoms with van der Waals surface area (Å²) in [5, 5.41) is 8.98. The summed E-state index contributed by atoms with van der Waals surface area (Å²) < 4.78 is 0. The van der Waals surface area contributed by atoms with E-state index >= 15 is 0 Å². The van der Waals surface area contributed by atoms with Crippen LogP contribution in [-0.4, -0.2) is 30.9 Å². The Hall–Kier alpha value is -2.04. The zero-order valence-corrected chi connectivity index (χ0v) is 13.9. The number of amides is 2. The van der Waals surface area contributed by atoms with Gasteiger partial charge in [0, 0.05) is 23.8 Å². The maximum absolute atomic E-state index is 12.3. The standard InChI is InChI=1S/C18H27N3O2/c1-2-11-19-17(22)13-20-16-10-6-7-14(12-16)18(23)21-15-8-4-3-5-9-15/h6-7,10,12,15,20H,2-5,8-9,11,13H2,1H3,(H,19,22)(H,21,23). The molecule has 5 nitrogen and oxygen atoms in total. The van der Waals surface area contributed by atoms with Gasteiger partial charge in [-0.1, -0.05) is 32.3 Å². The molecule has 2 rings (SSSR count). The van der Waals surface area contributed by atoms with E-state index in [2.05, 4.69) is 16.0 Å². The maximum atomic E-state index is 12.3. The molecule has 0 aliphatic heterocycles. The van der Waals surface area contributed by atoms with Gasteiger partial charge in [0.15, 0.2) is 0 Å². The Bertz CT molecular complexity index is 525. The van der Waals surface area contributed by atoms with Gasteiger partial charge in [-0.2, -0.15) is 0 Å². The third-order valence-corrected chi connectivity index (χ3v) is 4.09. The van der Waals surface area contributed by atoms with Gasteiger partial charge in [0.05, 0.1) is 6.54 Å². The van der Waals surface area contributed by atoms with Crippen LogP contribution in [0.15, 0.2) is 24.3 Å². The van der Waals surface area contributed by atoms with Crippen LogP contribution < -0.4 is 16.0 Å². The van der Waals surface area contributed by atoms with Crippen molar-refractivity contribution in [3.05, 3.63) is 29.8 Å². The van der Waals surface area contributed by atoms with E-state index < -0.39 is 0 Å². The fourth-order valence-corrected chi connectivity index (χ4v) is 2.80. The molecule has 1 fully saturated rings. The van der Waals surface area contributed by atoms with E-state index in [4.69, 9.17) is 0 Å². The number of nitrogens with one attached hydrogen (secondary N) is 3. The fraction of sp³-hybridized carbons (Fsp3) is 0.556. The summed E-state index contributed by atoms with van der Waals surface area (Å²) in [6.45, 7) is 2.92. The summed E-state index contributed by atoms with van der Waals surface area (Å²) in [6, 6.07) is 7.60. The van der Waals surface area contributed by atoms with E-state index in [1.54, 1.807) is 12.1 Å². The van der Waals surface area contributed by atoms with Crippen LogP contribution in [0, 0.1) is 0 Å². The molecule has 1 saturated carbocycles. The molecular formula is C18H27N3O2. The molecule has 0 aromatic heterocycles. The minimum atomic E-state index is -0.0380. The van der Waals surface area contributed by atoms with Gasteiger partial charge in [-0.05, 0) is 37.5 Å². The Kier molecular flexibility index (Phi) is 6.91. The highest BCUT2D eigenvalue weighted by atomic mass is 16.2. The van der Waals surface area contributed by atoms with E-state index in [-0.39, 0.29) is 18.4 Å². The van der Waals surface area contributed by atoms with Gasteiger partial charge in [-0.25, -0.2) is 0 Å². The minimum Gasteiger partial charge on any atom is -0.376 e. The van der Waals surface area contributed by atoms with Crippen molar-refractivity contribution in [2.45, 2.75) is 51.5 Å². The van der Waals surface area contributed by atoms with Crippen molar-refractivity contribution in [2.75, 3.05) is 18.4 Å². The zero-order chi connectivity index (χ0) is 16.5. The molecule has 1 aromatic rings. The van der Waals surface area contributed by atoms with Crippen LogP contribution in [0.4, 0.5) is 5.69 Å². The summed E-state index contributed by atoms with van der Waals surface area (Å²) in [6.07, 6.45) is 6.72. The second-order valence-electron chi connectivity index (χ2n) is 6.09. The molecule has 23 heavy (non-hydrogen) atoms. The third-order valence-electron chi connectivity index (χ3n) is 4.09. The van der Waals surface area contributed by atoms with Crippen LogP contribution in [0.3, 0.4) is 0 Å². The third kappa shape index (κ3) is 5.93. The molecule has 0 heterocycles. The maximum Gasteiger partial charge on any atom is 0.251 e. The molecule has 2 amide bonds. The van der Waals surface area contributed by atoms with Crippen molar-refractivity contribution in [3.8, 4) is 0 Å². The highest BCUT2D eigenvalue weighted by Gasteiger charge is 2.16. The molecular weight excluding hydrogens is 290 g/mol. The fourth-order valence-electron chi connectivity index (χ4n) is 2.80. The van der Waals surface area contributed by atoms with E-state index in [1.807, 2.05) is 19.1 Å². The summed E-state index contributed by atoms with van der Waals surface area (Å²) in [7, 11) is 0. The quantitative estimate of drug-likeness (QED) is 0.724. The lowest BCUT2D eigenvalue weighted by Gasteiger charge is -2.22. The van der Waals surface area contributed by atoms with Crippen molar-refractivity contribution >= 4 is 17.5 Å². The van der Waals surface area contributed by atoms with Crippen LogP contribution in [0.1, 0.15) is 55.8 Å². The summed E-state index contributed by atoms with van der Waals surface area (Å²) >= 11 is 0. The van der Waals surface area contributed by atoms with Crippen molar-refractivity contribution in [1.29, 1.82) is 0 Å². The SMILES string of the molecule is CCCNC(=O)CNc1cccc(C(=O)NC2CCCCC2)c1. The normalized spacial score (nSPS) is 15.0. The Morgan fingerprint density at radius 3 is 2.70 bits per heavy atom. The number of carbonyl (C=O) groups excluding carboxylic acids is 2. The zero-order valence-electron chi connectivity index (χ0n) is 13.9. The van der Waals surface area contributed by atoms with E-state index in [0.29, 0.717) is 18.2 Å². The molecule has 0 unspecified atom stereocenters. The number of rotatable bonds is 7. The Balaban J connectivity index is 1.85. The number of hydrogen-bond donors (Lipinski definition) is 3. The van der Waals surface area contributed by atoms with E-state index in [1.165, 1.54) is 19.3 Å². The lowest BCUT2D eigenvalue weighted by atomic mass is 9.95. The first-order valence-corrected chi connectivity index (χ1v) is 8.60. The number of carbonyl (C=O) groups is 2. The molecule has 0 radical (unpaired) electrons. The van der Waals surface area contributed by atoms with Gasteiger partial charge in [-0.3, -0.25) is 9.59 Å². The number of hydrogen-bond acceptors (Lipinski definition) is 3. The first kappa shape index (κ1) is 17.3. The average molecular weight is 317 g/mol. The summed E-state index contributed by atoms with van der Waals surface area (Å²) in [4.78, 5) is 23.9. The summed E-state index contributed by atoms with van der Waals surface area (Å²) in [5.41, 5.74) is 1.42. The van der Waals surface area contributed by atoms with Gasteiger partial charge in [0.25, 0.3) is 5.91 Å². The van der Waals surface area contributed by atoms with Gasteiger partial charge >= 0.3 is 0 Å². The first-order chi connectivity index (χ1) is 11.2. The van der Waals surface area contributed by atoms with Crippen LogP contribution in [0.2, 0.25) is 0 Å². The Morgan fingerprint density at radius 2 is 1.96 bits per heavy atom. The number of benzene rings is 1. The Morgan fingerprint density at radius 1 is 1.17 bits per heavy atom. The number of anilines is 1. The van der Waals surface area contributed by atoms with E-state index in [9.17, 15) is 9.59 Å². The van der Waals surface area contributed by atoms with Crippen molar-refractivity contribution in [2.24, 2.45) is 0 Å². The predicted molar refractivity (Wildman–Crippen MR) is 92.6 cm³/mol. The molecule has 1 aliphatic carbocycles. The first-order valence-electron chi connectivity index (χ1n) is 8.60. The highest BCUT2D eigenvalue weighted by molar-refractivity contribution is 5.95. The monoisotopic (exact) mass is 317 g/mol. The molecule has 1 aromatic carbocycles. The van der Waals surface area contributed by atoms with Crippen molar-refractivity contribution in [1.82, 2.24) is 10.6 Å². The molecule has 0 spiro atoms. The largest absolute Gasteiger partial charge is 0.376 e. The second-order valence-corrected chi connectivity index (χ2v) is 6.09. The predicted octanol–water partition coefficient (Wildman–Crippen LogP) is 2.69. The smallest absolute Gasteiger partial charge is 0.251 e. The molecule has 5 heteroatoms. The van der Waals surface area contributed by atoms with Crippen LogP contribution in [0.25, 0.3) is 0 Å². The summed E-state index contributed by atoms with van der Waals surface area (Å²) in [5.74, 6) is -0.0695. The molecule has 0 atom stereocenters. The molecule has 1 aliphatic rings. The average Bonchev–Trinajstić information content (AvgIpc) is 2.59. The minimum absolute atomic E-state index is 0.0315. The lowest BCUT2D eigenvalue weighted by molar-refractivity contribution is -0.119. The van der Waals surface area contributed by atoms with Crippen LogP contribution in [0.5, 0.6) is 0 Å². The van der Waals surface area contributed by atoms with Crippen molar-refractivity contribution in [3.63, 3.8) is 0 Å². The highest BCUT2D eigenvalue weighted by Crippen LogP contribution is 2.18. The van der Waals surface area contributed by atoms with Gasteiger partial charge < -0.3 is 16.0 Å². The Labute approximate surface area is 138 Å². The van der Waals surface area contributed by atoms with Crippen LogP contribution in [-0.2, 0) is 4.79 Å². The molecule has 0 bridgehead atoms. The second kappa shape index (κ2) is 9.18. The van der Waals surface area contributed by atoms with Gasteiger partial charge in [0.1, 0.15) is 0 Å². The molecule has 3 N–H and O–H groups in total. The van der Waals surface area contributed by atoms with Gasteiger partial charge in [0.2, 0.25) is 5.91 Å². The molecule has 126 valence electrons. The van der Waals surface area contributed by atoms with E-state index in [0.717, 1.165) is 24.9 Å². The lowest BCUT2D eigenvalue weighted by Crippen LogP contribution is -2.36. The van der Waals surface area contributed by atoms with Crippen LogP contribution >= 0.6 is 0 Å². The topological polar surface area (TPSA) is 70.2 Å². The van der Waals surface area contributed by atoms with Crippen molar-refractivity contribution < 1.29 is 9.59 Å². The van der Waals surface area contributed by atoms with Gasteiger partial charge in [-0.15, -0.1) is 0 Å². The molecule has 0 saturated heterocycles.